The van der Waals surface area contributed by atoms with E-state index in [2.05, 4.69) is 20.9 Å². The zero-order valence-corrected chi connectivity index (χ0v) is 16.0. The second-order valence-corrected chi connectivity index (χ2v) is 6.30. The number of hydrazine groups is 1. The lowest BCUT2D eigenvalue weighted by Gasteiger charge is -2.11. The molecule has 1 aromatic carbocycles. The summed E-state index contributed by atoms with van der Waals surface area (Å²) in [4.78, 5) is 28.9. The molecule has 0 saturated carbocycles. The summed E-state index contributed by atoms with van der Waals surface area (Å²) in [5.74, 6) is -0.0563. The van der Waals surface area contributed by atoms with E-state index in [-0.39, 0.29) is 6.04 Å². The van der Waals surface area contributed by atoms with Crippen LogP contribution in [0.3, 0.4) is 0 Å². The number of hydrogen-bond acceptors (Lipinski definition) is 6. The zero-order chi connectivity index (χ0) is 20.3. The number of benzene rings is 1. The number of carbonyl (C=O) groups is 2. The van der Waals surface area contributed by atoms with Crippen molar-refractivity contribution in [2.24, 2.45) is 0 Å². The first-order valence-electron chi connectivity index (χ1n) is 8.60. The van der Waals surface area contributed by atoms with Gasteiger partial charge in [0.2, 0.25) is 0 Å². The van der Waals surface area contributed by atoms with Gasteiger partial charge in [-0.05, 0) is 38.1 Å². The van der Waals surface area contributed by atoms with Crippen molar-refractivity contribution in [3.8, 4) is 11.5 Å². The summed E-state index contributed by atoms with van der Waals surface area (Å²) in [6.45, 7) is 4.00. The second kappa shape index (κ2) is 7.95. The van der Waals surface area contributed by atoms with E-state index in [1.54, 1.807) is 29.1 Å². The van der Waals surface area contributed by atoms with Crippen LogP contribution < -0.4 is 20.3 Å². The summed E-state index contributed by atoms with van der Waals surface area (Å²) < 4.78 is 12.1. The van der Waals surface area contributed by atoms with Gasteiger partial charge in [-0.3, -0.25) is 20.4 Å². The maximum Gasteiger partial charge on any atom is 0.271 e. The molecule has 0 aliphatic carbocycles. The highest BCUT2D eigenvalue weighted by Crippen LogP contribution is 2.27. The van der Waals surface area contributed by atoms with Gasteiger partial charge >= 0.3 is 0 Å². The molecule has 9 nitrogen and oxygen atoms in total. The minimum atomic E-state index is -0.490. The molecule has 2 aromatic heterocycles. The van der Waals surface area contributed by atoms with Gasteiger partial charge < -0.3 is 9.47 Å². The Morgan fingerprint density at radius 3 is 2.29 bits per heavy atom. The molecule has 0 aliphatic heterocycles. The SMILES string of the molecule is COc1ccc(C(=O)NNC(=O)c2cnc3c(cnn3C(C)C)c2)cc1OC. The lowest BCUT2D eigenvalue weighted by Crippen LogP contribution is -2.41. The number of nitrogens with zero attached hydrogens (tertiary/aromatic N) is 3. The smallest absolute Gasteiger partial charge is 0.271 e. The Morgan fingerprint density at radius 1 is 0.964 bits per heavy atom. The molecule has 0 saturated heterocycles. The first kappa shape index (κ1) is 19.2. The van der Waals surface area contributed by atoms with Crippen molar-refractivity contribution < 1.29 is 19.1 Å². The number of methoxy groups -OCH3 is 2. The molecule has 3 aromatic rings. The Labute approximate surface area is 161 Å². The van der Waals surface area contributed by atoms with Gasteiger partial charge in [-0.25, -0.2) is 9.67 Å². The molecule has 0 spiro atoms. The highest BCUT2D eigenvalue weighted by atomic mass is 16.5. The van der Waals surface area contributed by atoms with E-state index in [9.17, 15) is 9.59 Å². The first-order chi connectivity index (χ1) is 13.4. The monoisotopic (exact) mass is 383 g/mol. The van der Waals surface area contributed by atoms with Crippen LogP contribution in [0.4, 0.5) is 0 Å². The second-order valence-electron chi connectivity index (χ2n) is 6.30. The van der Waals surface area contributed by atoms with Crippen molar-refractivity contribution in [2.45, 2.75) is 19.9 Å². The molecule has 3 rings (SSSR count). The molecular formula is C19H21N5O4. The first-order valence-corrected chi connectivity index (χ1v) is 8.60. The Hall–Kier alpha value is -3.62. The number of aromatic nitrogens is 3. The number of rotatable bonds is 5. The summed E-state index contributed by atoms with van der Waals surface area (Å²) in [6, 6.07) is 6.53. The Balaban J connectivity index is 1.70. The Morgan fingerprint density at radius 2 is 1.64 bits per heavy atom. The lowest BCUT2D eigenvalue weighted by atomic mass is 10.2. The third-order valence-corrected chi connectivity index (χ3v) is 4.12. The van der Waals surface area contributed by atoms with E-state index in [0.29, 0.717) is 28.3 Å². The minimum absolute atomic E-state index is 0.158. The highest BCUT2D eigenvalue weighted by molar-refractivity contribution is 6.00. The molecule has 2 amide bonds. The molecule has 0 unspecified atom stereocenters. The Bertz CT molecular complexity index is 1030. The van der Waals surface area contributed by atoms with E-state index < -0.39 is 11.8 Å². The lowest BCUT2D eigenvalue weighted by molar-refractivity contribution is 0.0846. The van der Waals surface area contributed by atoms with Crippen molar-refractivity contribution in [3.63, 3.8) is 0 Å². The maximum absolute atomic E-state index is 12.4. The number of carbonyl (C=O) groups excluding carboxylic acids is 2. The number of nitrogens with one attached hydrogen (secondary N) is 2. The van der Waals surface area contributed by atoms with Gasteiger partial charge in [0.25, 0.3) is 11.8 Å². The summed E-state index contributed by atoms with van der Waals surface area (Å²) in [5.41, 5.74) is 6.07. The fourth-order valence-electron chi connectivity index (χ4n) is 2.68. The van der Waals surface area contributed by atoms with Crippen LogP contribution in [0.15, 0.2) is 36.7 Å². The van der Waals surface area contributed by atoms with Gasteiger partial charge in [-0.1, -0.05) is 0 Å². The van der Waals surface area contributed by atoms with Gasteiger partial charge in [-0.2, -0.15) is 5.10 Å². The van der Waals surface area contributed by atoms with Crippen LogP contribution in [0.25, 0.3) is 11.0 Å². The van der Waals surface area contributed by atoms with E-state index in [1.165, 1.54) is 26.5 Å². The van der Waals surface area contributed by atoms with E-state index >= 15 is 0 Å². The normalized spacial score (nSPS) is 10.8. The molecule has 2 heterocycles. The van der Waals surface area contributed by atoms with Crippen LogP contribution in [0.5, 0.6) is 11.5 Å². The average Bonchev–Trinajstić information content (AvgIpc) is 3.14. The largest absolute Gasteiger partial charge is 0.493 e. The molecule has 146 valence electrons. The van der Waals surface area contributed by atoms with Crippen molar-refractivity contribution in [2.75, 3.05) is 14.2 Å². The molecule has 9 heteroatoms. The van der Waals surface area contributed by atoms with Crippen LogP contribution in [0, 0.1) is 0 Å². The van der Waals surface area contributed by atoms with Gasteiger partial charge in [0.1, 0.15) is 0 Å². The van der Waals surface area contributed by atoms with Crippen LogP contribution in [-0.4, -0.2) is 40.8 Å². The van der Waals surface area contributed by atoms with Crippen LogP contribution in [-0.2, 0) is 0 Å². The van der Waals surface area contributed by atoms with Gasteiger partial charge in [0.15, 0.2) is 17.1 Å². The van der Waals surface area contributed by atoms with E-state index in [1.807, 2.05) is 13.8 Å². The van der Waals surface area contributed by atoms with Crippen molar-refractivity contribution in [3.05, 3.63) is 47.8 Å². The summed E-state index contributed by atoms with van der Waals surface area (Å²) in [6.07, 6.45) is 3.10. The third kappa shape index (κ3) is 3.73. The van der Waals surface area contributed by atoms with Gasteiger partial charge in [-0.15, -0.1) is 0 Å². The van der Waals surface area contributed by atoms with Crippen LogP contribution >= 0.6 is 0 Å². The Kier molecular flexibility index (Phi) is 5.44. The topological polar surface area (TPSA) is 107 Å². The fraction of sp³-hybridized carbons (Fsp3) is 0.263. The molecule has 2 N–H and O–H groups in total. The van der Waals surface area contributed by atoms with E-state index in [0.717, 1.165) is 5.39 Å². The number of amides is 2. The molecule has 0 fully saturated rings. The molecule has 28 heavy (non-hydrogen) atoms. The minimum Gasteiger partial charge on any atom is -0.493 e. The van der Waals surface area contributed by atoms with Crippen molar-refractivity contribution in [1.82, 2.24) is 25.6 Å². The zero-order valence-electron chi connectivity index (χ0n) is 16.0. The molecular weight excluding hydrogens is 362 g/mol. The van der Waals surface area contributed by atoms with Crippen molar-refractivity contribution in [1.29, 1.82) is 0 Å². The summed E-state index contributed by atoms with van der Waals surface area (Å²) in [5, 5.41) is 5.01. The van der Waals surface area contributed by atoms with Gasteiger partial charge in [0.05, 0.1) is 26.0 Å². The number of hydrogen-bond donors (Lipinski definition) is 2. The summed E-state index contributed by atoms with van der Waals surface area (Å²) in [7, 11) is 2.99. The number of pyridine rings is 1. The molecule has 0 bridgehead atoms. The fourth-order valence-corrected chi connectivity index (χ4v) is 2.68. The predicted octanol–water partition coefficient (Wildman–Crippen LogP) is 2.10. The standard InChI is InChI=1S/C19H21N5O4/c1-11(2)24-17-13(10-21-24)7-14(9-20-17)19(26)23-22-18(25)12-5-6-15(27-3)16(8-12)28-4/h5-11H,1-4H3,(H,22,25)(H,23,26). The summed E-state index contributed by atoms with van der Waals surface area (Å²) >= 11 is 0. The molecule has 0 radical (unpaired) electrons. The quantitative estimate of drug-likeness (QED) is 0.654. The predicted molar refractivity (Wildman–Crippen MR) is 102 cm³/mol. The average molecular weight is 383 g/mol. The van der Waals surface area contributed by atoms with E-state index in [4.69, 9.17) is 9.47 Å². The van der Waals surface area contributed by atoms with Crippen LogP contribution in [0.2, 0.25) is 0 Å². The highest BCUT2D eigenvalue weighted by Gasteiger charge is 2.14. The van der Waals surface area contributed by atoms with Crippen LogP contribution in [0.1, 0.15) is 40.6 Å². The third-order valence-electron chi connectivity index (χ3n) is 4.12. The maximum atomic E-state index is 12.4. The number of ether oxygens (including phenoxy) is 2. The number of fused-ring (bicyclic) bond motifs is 1. The molecule has 0 atom stereocenters. The molecule has 0 aliphatic rings. The van der Waals surface area contributed by atoms with Crippen molar-refractivity contribution >= 4 is 22.8 Å². The van der Waals surface area contributed by atoms with Gasteiger partial charge in [0, 0.05) is 23.2 Å².